The van der Waals surface area contributed by atoms with Crippen LogP contribution in [0.2, 0.25) is 0 Å². The summed E-state index contributed by atoms with van der Waals surface area (Å²) in [5.41, 5.74) is 0.749. The van der Waals surface area contributed by atoms with Gasteiger partial charge in [0.05, 0.1) is 5.69 Å². The fraction of sp³-hybridized carbons (Fsp3) is 0.400. The van der Waals surface area contributed by atoms with E-state index >= 15 is 0 Å². The molecule has 1 saturated heterocycles. The van der Waals surface area contributed by atoms with Gasteiger partial charge in [0.1, 0.15) is 4.60 Å². The van der Waals surface area contributed by atoms with Gasteiger partial charge in [0, 0.05) is 17.9 Å². The minimum Gasteiger partial charge on any atom is -0.324 e. The SMILES string of the molecule is O=C(Nc1cccnc1Br)C1CCSC1. The summed E-state index contributed by atoms with van der Waals surface area (Å²) < 4.78 is 0.684. The lowest BCUT2D eigenvalue weighted by atomic mass is 10.1. The molecule has 0 aliphatic carbocycles. The molecule has 15 heavy (non-hydrogen) atoms. The maximum atomic E-state index is 11.8. The number of anilines is 1. The number of hydrogen-bond donors (Lipinski definition) is 1. The number of nitrogens with zero attached hydrogens (tertiary/aromatic N) is 1. The Morgan fingerprint density at radius 3 is 3.20 bits per heavy atom. The lowest BCUT2D eigenvalue weighted by Gasteiger charge is -2.10. The zero-order valence-electron chi connectivity index (χ0n) is 8.07. The molecule has 0 spiro atoms. The number of nitrogens with one attached hydrogen (secondary N) is 1. The molecule has 1 aliphatic heterocycles. The topological polar surface area (TPSA) is 42.0 Å². The lowest BCUT2D eigenvalue weighted by Crippen LogP contribution is -2.22. The van der Waals surface area contributed by atoms with Crippen LogP contribution in [0.4, 0.5) is 5.69 Å². The summed E-state index contributed by atoms with van der Waals surface area (Å²) in [5.74, 6) is 2.28. The van der Waals surface area contributed by atoms with Crippen molar-refractivity contribution in [1.29, 1.82) is 0 Å². The molecule has 2 rings (SSSR count). The molecule has 1 aromatic rings. The van der Waals surface area contributed by atoms with Gasteiger partial charge >= 0.3 is 0 Å². The summed E-state index contributed by atoms with van der Waals surface area (Å²) in [5, 5.41) is 2.89. The van der Waals surface area contributed by atoms with Crippen molar-refractivity contribution in [1.82, 2.24) is 4.98 Å². The average molecular weight is 287 g/mol. The summed E-state index contributed by atoms with van der Waals surface area (Å²) in [4.78, 5) is 15.8. The summed E-state index contributed by atoms with van der Waals surface area (Å²) in [7, 11) is 0. The zero-order valence-corrected chi connectivity index (χ0v) is 10.5. The van der Waals surface area contributed by atoms with Crippen LogP contribution in [0, 0.1) is 5.92 Å². The standard InChI is InChI=1S/C10H11BrN2OS/c11-9-8(2-1-4-12-9)13-10(14)7-3-5-15-6-7/h1-2,4,7H,3,5-6H2,(H,13,14). The minimum absolute atomic E-state index is 0.105. The molecule has 5 heteroatoms. The molecule has 1 amide bonds. The third-order valence-electron chi connectivity index (χ3n) is 2.32. The summed E-state index contributed by atoms with van der Waals surface area (Å²) >= 11 is 5.14. The molecule has 0 aromatic carbocycles. The third-order valence-corrected chi connectivity index (χ3v) is 4.11. The van der Waals surface area contributed by atoms with E-state index in [1.165, 1.54) is 0 Å². The Bertz CT molecular complexity index is 366. The summed E-state index contributed by atoms with van der Waals surface area (Å²) in [6, 6.07) is 3.65. The minimum atomic E-state index is 0.105. The van der Waals surface area contributed by atoms with Gasteiger partial charge < -0.3 is 5.32 Å². The zero-order chi connectivity index (χ0) is 10.7. The molecular weight excluding hydrogens is 276 g/mol. The van der Waals surface area contributed by atoms with E-state index in [0.717, 1.165) is 23.6 Å². The first kappa shape index (κ1) is 11.0. The number of hydrogen-bond acceptors (Lipinski definition) is 3. The van der Waals surface area contributed by atoms with Gasteiger partial charge in [-0.25, -0.2) is 4.98 Å². The normalized spacial score (nSPS) is 20.2. The molecule has 1 aliphatic rings. The fourth-order valence-corrected chi connectivity index (χ4v) is 3.03. The number of halogens is 1. The Hall–Kier alpha value is -0.550. The number of amides is 1. The largest absolute Gasteiger partial charge is 0.324 e. The van der Waals surface area contributed by atoms with E-state index in [0.29, 0.717) is 4.60 Å². The third kappa shape index (κ3) is 2.72. The van der Waals surface area contributed by atoms with Gasteiger partial charge in [-0.05, 0) is 40.2 Å². The maximum Gasteiger partial charge on any atom is 0.228 e. The van der Waals surface area contributed by atoms with E-state index in [2.05, 4.69) is 26.2 Å². The van der Waals surface area contributed by atoms with Gasteiger partial charge in [-0.3, -0.25) is 4.79 Å². The number of carbonyl (C=O) groups is 1. The molecule has 0 saturated carbocycles. The quantitative estimate of drug-likeness (QED) is 0.850. The van der Waals surface area contributed by atoms with Crippen molar-refractivity contribution in [3.8, 4) is 0 Å². The van der Waals surface area contributed by atoms with E-state index in [1.54, 1.807) is 6.20 Å². The van der Waals surface area contributed by atoms with Crippen LogP contribution < -0.4 is 5.32 Å². The van der Waals surface area contributed by atoms with Crippen molar-refractivity contribution >= 4 is 39.3 Å². The first-order valence-electron chi connectivity index (χ1n) is 4.76. The second-order valence-electron chi connectivity index (χ2n) is 3.39. The maximum absolute atomic E-state index is 11.8. The van der Waals surface area contributed by atoms with Gasteiger partial charge in [-0.15, -0.1) is 0 Å². The van der Waals surface area contributed by atoms with Crippen LogP contribution in [0.25, 0.3) is 0 Å². The van der Waals surface area contributed by atoms with Crippen LogP contribution in [0.3, 0.4) is 0 Å². The molecule has 1 unspecified atom stereocenters. The molecule has 80 valence electrons. The van der Waals surface area contributed by atoms with Crippen molar-refractivity contribution in [2.45, 2.75) is 6.42 Å². The highest BCUT2D eigenvalue weighted by atomic mass is 79.9. The molecule has 1 fully saturated rings. The van der Waals surface area contributed by atoms with Crippen LogP contribution in [-0.4, -0.2) is 22.4 Å². The van der Waals surface area contributed by atoms with Crippen molar-refractivity contribution < 1.29 is 4.79 Å². The van der Waals surface area contributed by atoms with Crippen LogP contribution >= 0.6 is 27.7 Å². The van der Waals surface area contributed by atoms with Crippen LogP contribution in [0.1, 0.15) is 6.42 Å². The summed E-state index contributed by atoms with van der Waals surface area (Å²) in [6.45, 7) is 0. The van der Waals surface area contributed by atoms with E-state index in [4.69, 9.17) is 0 Å². The van der Waals surface area contributed by atoms with E-state index in [9.17, 15) is 4.79 Å². The van der Waals surface area contributed by atoms with Crippen LogP contribution in [0.5, 0.6) is 0 Å². The van der Waals surface area contributed by atoms with E-state index in [-0.39, 0.29) is 11.8 Å². The highest BCUT2D eigenvalue weighted by Gasteiger charge is 2.23. The smallest absolute Gasteiger partial charge is 0.228 e. The predicted molar refractivity (Wildman–Crippen MR) is 66.0 cm³/mol. The Kier molecular flexibility index (Phi) is 3.64. The van der Waals surface area contributed by atoms with Gasteiger partial charge in [0.25, 0.3) is 0 Å². The molecular formula is C10H11BrN2OS. The van der Waals surface area contributed by atoms with Crippen molar-refractivity contribution in [2.75, 3.05) is 16.8 Å². The number of aromatic nitrogens is 1. The van der Waals surface area contributed by atoms with Gasteiger partial charge in [-0.1, -0.05) is 0 Å². The number of rotatable bonds is 2. The molecule has 1 aromatic heterocycles. The Balaban J connectivity index is 2.02. The van der Waals surface area contributed by atoms with Gasteiger partial charge in [0.15, 0.2) is 0 Å². The molecule has 0 radical (unpaired) electrons. The first-order valence-corrected chi connectivity index (χ1v) is 6.71. The van der Waals surface area contributed by atoms with Crippen molar-refractivity contribution in [2.24, 2.45) is 5.92 Å². The van der Waals surface area contributed by atoms with Gasteiger partial charge in [0.2, 0.25) is 5.91 Å². The van der Waals surface area contributed by atoms with Gasteiger partial charge in [-0.2, -0.15) is 11.8 Å². The predicted octanol–water partition coefficient (Wildman–Crippen LogP) is 2.54. The van der Waals surface area contributed by atoms with Crippen molar-refractivity contribution in [3.05, 3.63) is 22.9 Å². The highest BCUT2D eigenvalue weighted by Crippen LogP contribution is 2.26. The summed E-state index contributed by atoms with van der Waals surface area (Å²) in [6.07, 6.45) is 2.67. The average Bonchev–Trinajstić information content (AvgIpc) is 2.74. The highest BCUT2D eigenvalue weighted by molar-refractivity contribution is 9.10. The lowest BCUT2D eigenvalue weighted by molar-refractivity contribution is -0.119. The second-order valence-corrected chi connectivity index (χ2v) is 5.29. The van der Waals surface area contributed by atoms with E-state index < -0.39 is 0 Å². The number of carbonyl (C=O) groups excluding carboxylic acids is 1. The fourth-order valence-electron chi connectivity index (χ4n) is 1.46. The molecule has 2 heterocycles. The Labute approximate surface area is 101 Å². The van der Waals surface area contributed by atoms with E-state index in [1.807, 2.05) is 23.9 Å². The Morgan fingerprint density at radius 2 is 2.53 bits per heavy atom. The molecule has 1 atom stereocenters. The molecule has 1 N–H and O–H groups in total. The first-order chi connectivity index (χ1) is 7.27. The van der Waals surface area contributed by atoms with Crippen molar-refractivity contribution in [3.63, 3.8) is 0 Å². The number of pyridine rings is 1. The van der Waals surface area contributed by atoms with Crippen LogP contribution in [0.15, 0.2) is 22.9 Å². The molecule has 0 bridgehead atoms. The second kappa shape index (κ2) is 4.99. The molecule has 3 nitrogen and oxygen atoms in total. The monoisotopic (exact) mass is 286 g/mol. The number of thioether (sulfide) groups is 1. The Morgan fingerprint density at radius 1 is 1.67 bits per heavy atom. The van der Waals surface area contributed by atoms with Crippen LogP contribution in [-0.2, 0) is 4.79 Å².